The maximum Gasteiger partial charge on any atom is 0.127 e. The molecule has 3 heteroatoms. The summed E-state index contributed by atoms with van der Waals surface area (Å²) in [7, 11) is 0. The minimum absolute atomic E-state index is 0.954. The SMILES string of the molecule is CCCNc1cc(Sc2ccccc2C)ccn1. The number of rotatable bonds is 5. The van der Waals surface area contributed by atoms with Gasteiger partial charge in [-0.15, -0.1) is 0 Å². The Morgan fingerprint density at radius 1 is 1.22 bits per heavy atom. The Hall–Kier alpha value is -1.48. The van der Waals surface area contributed by atoms with E-state index < -0.39 is 0 Å². The lowest BCUT2D eigenvalue weighted by molar-refractivity contribution is 0.967. The van der Waals surface area contributed by atoms with Gasteiger partial charge in [-0.2, -0.15) is 0 Å². The molecule has 0 aliphatic rings. The van der Waals surface area contributed by atoms with Crippen molar-refractivity contribution in [1.82, 2.24) is 4.98 Å². The van der Waals surface area contributed by atoms with Crippen molar-refractivity contribution in [3.63, 3.8) is 0 Å². The molecule has 0 amide bonds. The Balaban J connectivity index is 2.12. The average molecular weight is 258 g/mol. The predicted molar refractivity (Wildman–Crippen MR) is 78.3 cm³/mol. The van der Waals surface area contributed by atoms with Gasteiger partial charge >= 0.3 is 0 Å². The van der Waals surface area contributed by atoms with Crippen LogP contribution < -0.4 is 5.32 Å². The summed E-state index contributed by atoms with van der Waals surface area (Å²) in [6.45, 7) is 5.25. The lowest BCUT2D eigenvalue weighted by atomic mass is 10.2. The molecular weight excluding hydrogens is 240 g/mol. The lowest BCUT2D eigenvalue weighted by Crippen LogP contribution is -2.01. The van der Waals surface area contributed by atoms with E-state index in [1.807, 2.05) is 12.3 Å². The summed E-state index contributed by atoms with van der Waals surface area (Å²) in [6.07, 6.45) is 2.97. The maximum absolute atomic E-state index is 4.32. The molecule has 0 aliphatic carbocycles. The zero-order valence-electron chi connectivity index (χ0n) is 10.8. The highest BCUT2D eigenvalue weighted by Gasteiger charge is 2.01. The molecule has 1 aromatic heterocycles. The van der Waals surface area contributed by atoms with E-state index in [-0.39, 0.29) is 0 Å². The van der Waals surface area contributed by atoms with Gasteiger partial charge in [-0.05, 0) is 37.1 Å². The number of pyridine rings is 1. The molecule has 2 rings (SSSR count). The van der Waals surface area contributed by atoms with Crippen LogP contribution in [0.25, 0.3) is 0 Å². The van der Waals surface area contributed by atoms with Gasteiger partial charge in [-0.25, -0.2) is 4.98 Å². The number of benzene rings is 1. The van der Waals surface area contributed by atoms with Crippen LogP contribution in [0.15, 0.2) is 52.4 Å². The molecule has 0 bridgehead atoms. The van der Waals surface area contributed by atoms with Crippen LogP contribution in [0, 0.1) is 6.92 Å². The van der Waals surface area contributed by atoms with E-state index in [2.05, 4.69) is 54.5 Å². The third kappa shape index (κ3) is 3.50. The minimum atomic E-state index is 0.954. The van der Waals surface area contributed by atoms with Gasteiger partial charge in [0.2, 0.25) is 0 Å². The molecule has 2 nitrogen and oxygen atoms in total. The van der Waals surface area contributed by atoms with Gasteiger partial charge in [-0.3, -0.25) is 0 Å². The number of aryl methyl sites for hydroxylation is 1. The zero-order valence-corrected chi connectivity index (χ0v) is 11.6. The second-order valence-corrected chi connectivity index (χ2v) is 5.29. The maximum atomic E-state index is 4.32. The van der Waals surface area contributed by atoms with E-state index in [0.29, 0.717) is 0 Å². The molecule has 1 heterocycles. The largest absolute Gasteiger partial charge is 0.370 e. The van der Waals surface area contributed by atoms with Gasteiger partial charge in [0.05, 0.1) is 0 Å². The molecule has 94 valence electrons. The van der Waals surface area contributed by atoms with E-state index in [9.17, 15) is 0 Å². The molecule has 0 spiro atoms. The van der Waals surface area contributed by atoms with Crippen LogP contribution in [0.4, 0.5) is 5.82 Å². The third-order valence-corrected chi connectivity index (χ3v) is 3.78. The number of aromatic nitrogens is 1. The van der Waals surface area contributed by atoms with Gasteiger partial charge in [-0.1, -0.05) is 36.9 Å². The molecule has 0 fully saturated rings. The number of hydrogen-bond acceptors (Lipinski definition) is 3. The molecule has 0 aliphatic heterocycles. The highest BCUT2D eigenvalue weighted by atomic mass is 32.2. The molecule has 2 aromatic rings. The molecular formula is C15H18N2S. The van der Waals surface area contributed by atoms with Crippen molar-refractivity contribution in [3.05, 3.63) is 48.2 Å². The van der Waals surface area contributed by atoms with Crippen LogP contribution in [0.5, 0.6) is 0 Å². The van der Waals surface area contributed by atoms with Crippen LogP contribution in [-0.2, 0) is 0 Å². The highest BCUT2D eigenvalue weighted by Crippen LogP contribution is 2.30. The summed E-state index contributed by atoms with van der Waals surface area (Å²) in [5.74, 6) is 0.954. The van der Waals surface area contributed by atoms with E-state index in [1.165, 1.54) is 15.4 Å². The Morgan fingerprint density at radius 2 is 2.06 bits per heavy atom. The molecule has 1 aromatic carbocycles. The van der Waals surface area contributed by atoms with E-state index >= 15 is 0 Å². The first kappa shape index (κ1) is 13.0. The van der Waals surface area contributed by atoms with Crippen LogP contribution in [0.1, 0.15) is 18.9 Å². The standard InChI is InChI=1S/C15H18N2S/c1-3-9-16-15-11-13(8-10-17-15)18-14-7-5-4-6-12(14)2/h4-8,10-11H,3,9H2,1-2H3,(H,16,17). The van der Waals surface area contributed by atoms with E-state index in [1.54, 1.807) is 11.8 Å². The van der Waals surface area contributed by atoms with Crippen molar-refractivity contribution in [2.75, 3.05) is 11.9 Å². The first-order chi connectivity index (χ1) is 8.79. The van der Waals surface area contributed by atoms with Gasteiger partial charge in [0.15, 0.2) is 0 Å². The lowest BCUT2D eigenvalue weighted by Gasteiger charge is -2.07. The second-order valence-electron chi connectivity index (χ2n) is 4.17. The minimum Gasteiger partial charge on any atom is -0.370 e. The molecule has 0 radical (unpaired) electrons. The van der Waals surface area contributed by atoms with Crippen LogP contribution in [0.3, 0.4) is 0 Å². The van der Waals surface area contributed by atoms with Crippen molar-refractivity contribution in [1.29, 1.82) is 0 Å². The first-order valence-corrected chi connectivity index (χ1v) is 7.04. The summed E-state index contributed by atoms with van der Waals surface area (Å²) in [5, 5.41) is 3.31. The fourth-order valence-electron chi connectivity index (χ4n) is 1.62. The second kappa shape index (κ2) is 6.45. The Bertz CT molecular complexity index is 511. The predicted octanol–water partition coefficient (Wildman–Crippen LogP) is 4.36. The van der Waals surface area contributed by atoms with E-state index in [4.69, 9.17) is 0 Å². The molecule has 0 saturated heterocycles. The summed E-state index contributed by atoms with van der Waals surface area (Å²) in [4.78, 5) is 6.83. The number of hydrogen-bond donors (Lipinski definition) is 1. The molecule has 0 unspecified atom stereocenters. The number of nitrogens with one attached hydrogen (secondary N) is 1. The Kier molecular flexibility index (Phi) is 4.65. The van der Waals surface area contributed by atoms with Gasteiger partial charge in [0.25, 0.3) is 0 Å². The number of nitrogens with zero attached hydrogens (tertiary/aromatic N) is 1. The van der Waals surface area contributed by atoms with Crippen molar-refractivity contribution in [2.45, 2.75) is 30.1 Å². The summed E-state index contributed by atoms with van der Waals surface area (Å²) < 4.78 is 0. The van der Waals surface area contributed by atoms with Crippen molar-refractivity contribution >= 4 is 17.6 Å². The molecule has 1 N–H and O–H groups in total. The quantitative estimate of drug-likeness (QED) is 0.862. The van der Waals surface area contributed by atoms with Gasteiger partial charge < -0.3 is 5.32 Å². The summed E-state index contributed by atoms with van der Waals surface area (Å²) in [5.41, 5.74) is 1.31. The third-order valence-electron chi connectivity index (χ3n) is 2.61. The van der Waals surface area contributed by atoms with Crippen LogP contribution >= 0.6 is 11.8 Å². The molecule has 0 atom stereocenters. The van der Waals surface area contributed by atoms with Gasteiger partial charge in [0.1, 0.15) is 5.82 Å². The normalized spacial score (nSPS) is 10.3. The fraction of sp³-hybridized carbons (Fsp3) is 0.267. The summed E-state index contributed by atoms with van der Waals surface area (Å²) in [6, 6.07) is 12.6. The Morgan fingerprint density at radius 3 is 2.83 bits per heavy atom. The molecule has 0 saturated carbocycles. The summed E-state index contributed by atoms with van der Waals surface area (Å²) >= 11 is 1.78. The topological polar surface area (TPSA) is 24.9 Å². The van der Waals surface area contributed by atoms with Gasteiger partial charge in [0, 0.05) is 22.5 Å². The van der Waals surface area contributed by atoms with Crippen LogP contribution in [0.2, 0.25) is 0 Å². The monoisotopic (exact) mass is 258 g/mol. The van der Waals surface area contributed by atoms with Crippen molar-refractivity contribution in [2.24, 2.45) is 0 Å². The number of anilines is 1. The highest BCUT2D eigenvalue weighted by molar-refractivity contribution is 7.99. The molecule has 18 heavy (non-hydrogen) atoms. The average Bonchev–Trinajstić information content (AvgIpc) is 2.40. The van der Waals surface area contributed by atoms with Crippen molar-refractivity contribution in [3.8, 4) is 0 Å². The van der Waals surface area contributed by atoms with Crippen molar-refractivity contribution < 1.29 is 0 Å². The Labute approximate surface area is 113 Å². The van der Waals surface area contributed by atoms with Crippen LogP contribution in [-0.4, -0.2) is 11.5 Å². The zero-order chi connectivity index (χ0) is 12.8. The van der Waals surface area contributed by atoms with E-state index in [0.717, 1.165) is 18.8 Å². The first-order valence-electron chi connectivity index (χ1n) is 6.23. The fourth-order valence-corrected chi connectivity index (χ4v) is 2.55. The smallest absolute Gasteiger partial charge is 0.127 e.